The Balaban J connectivity index is 1.83. The van der Waals surface area contributed by atoms with E-state index in [1.165, 1.54) is 16.5 Å². The summed E-state index contributed by atoms with van der Waals surface area (Å²) in [5.41, 5.74) is 12.9. The van der Waals surface area contributed by atoms with Crippen LogP contribution in [0, 0.1) is 0 Å². The number of anilines is 3. The molecule has 3 heteroatoms. The Bertz CT molecular complexity index is 1170. The fraction of sp³-hybridized carbons (Fsp3) is 0.148. The summed E-state index contributed by atoms with van der Waals surface area (Å²) < 4.78 is 0. The molecule has 0 fully saturated rings. The topological polar surface area (TPSA) is 41.6 Å². The smallest absolute Gasteiger partial charge is 0.0730 e. The zero-order chi connectivity index (χ0) is 20.9. The zero-order valence-corrected chi connectivity index (χ0v) is 17.5. The number of hydrogen-bond acceptors (Lipinski definition) is 3. The third-order valence-electron chi connectivity index (χ3n) is 5.53. The van der Waals surface area contributed by atoms with Crippen molar-refractivity contribution in [3.8, 4) is 0 Å². The Labute approximate surface area is 178 Å². The summed E-state index contributed by atoms with van der Waals surface area (Å²) in [6, 6.07) is 29.1. The standard InChI is InChI=1S/C27H27N3/c1-3-20-17-18-22(27(28)24(20)4-2)19-29-30(23-13-6-5-7-14-23)26-16-10-12-21-11-8-9-15-25(21)26/h5-19H,3-4,28H2,1-2H3. The maximum Gasteiger partial charge on any atom is 0.0730 e. The molecule has 0 atom stereocenters. The molecule has 0 amide bonds. The average molecular weight is 394 g/mol. The van der Waals surface area contributed by atoms with E-state index in [4.69, 9.17) is 10.8 Å². The van der Waals surface area contributed by atoms with Crippen molar-refractivity contribution < 1.29 is 0 Å². The van der Waals surface area contributed by atoms with Crippen LogP contribution in [0.4, 0.5) is 17.1 Å². The molecule has 0 aliphatic carbocycles. The molecule has 150 valence electrons. The van der Waals surface area contributed by atoms with Gasteiger partial charge in [0.25, 0.3) is 0 Å². The van der Waals surface area contributed by atoms with E-state index in [2.05, 4.69) is 80.6 Å². The van der Waals surface area contributed by atoms with Crippen molar-refractivity contribution >= 4 is 34.0 Å². The van der Waals surface area contributed by atoms with Gasteiger partial charge >= 0.3 is 0 Å². The van der Waals surface area contributed by atoms with Gasteiger partial charge in [0.2, 0.25) is 0 Å². The van der Waals surface area contributed by atoms with Gasteiger partial charge in [0.05, 0.1) is 17.6 Å². The Morgan fingerprint density at radius 2 is 1.53 bits per heavy atom. The van der Waals surface area contributed by atoms with E-state index in [1.54, 1.807) is 0 Å². The Hall–Kier alpha value is -3.59. The van der Waals surface area contributed by atoms with Crippen LogP contribution in [0.5, 0.6) is 0 Å². The van der Waals surface area contributed by atoms with Gasteiger partial charge in [-0.15, -0.1) is 0 Å². The highest BCUT2D eigenvalue weighted by Gasteiger charge is 2.12. The normalized spacial score (nSPS) is 11.3. The van der Waals surface area contributed by atoms with Crippen molar-refractivity contribution in [2.75, 3.05) is 10.7 Å². The number of nitrogen functional groups attached to an aromatic ring is 1. The van der Waals surface area contributed by atoms with Crippen molar-refractivity contribution in [1.29, 1.82) is 0 Å². The van der Waals surface area contributed by atoms with Crippen molar-refractivity contribution in [2.45, 2.75) is 26.7 Å². The molecule has 4 rings (SSSR count). The van der Waals surface area contributed by atoms with Gasteiger partial charge in [0.15, 0.2) is 0 Å². The molecule has 0 saturated heterocycles. The van der Waals surface area contributed by atoms with E-state index in [0.29, 0.717) is 0 Å². The van der Waals surface area contributed by atoms with E-state index < -0.39 is 0 Å². The number of rotatable bonds is 6. The lowest BCUT2D eigenvalue weighted by molar-refractivity contribution is 1.04. The van der Waals surface area contributed by atoms with Crippen LogP contribution in [-0.2, 0) is 12.8 Å². The van der Waals surface area contributed by atoms with E-state index in [1.807, 2.05) is 29.4 Å². The minimum atomic E-state index is 0.825. The van der Waals surface area contributed by atoms with Crippen LogP contribution in [0.2, 0.25) is 0 Å². The summed E-state index contributed by atoms with van der Waals surface area (Å²) in [5.74, 6) is 0. The summed E-state index contributed by atoms with van der Waals surface area (Å²) in [6.45, 7) is 4.32. The van der Waals surface area contributed by atoms with Crippen LogP contribution in [0.1, 0.15) is 30.5 Å². The number of fused-ring (bicyclic) bond motifs is 1. The summed E-state index contributed by atoms with van der Waals surface area (Å²) in [4.78, 5) is 0. The third-order valence-corrected chi connectivity index (χ3v) is 5.53. The lowest BCUT2D eigenvalue weighted by atomic mass is 9.98. The fourth-order valence-corrected chi connectivity index (χ4v) is 3.94. The average Bonchev–Trinajstić information content (AvgIpc) is 2.80. The number of nitrogens with zero attached hydrogens (tertiary/aromatic N) is 2. The van der Waals surface area contributed by atoms with Gasteiger partial charge in [-0.2, -0.15) is 5.10 Å². The number of hydrazone groups is 1. The molecule has 0 aromatic heterocycles. The van der Waals surface area contributed by atoms with Crippen LogP contribution in [0.3, 0.4) is 0 Å². The largest absolute Gasteiger partial charge is 0.398 e. The van der Waals surface area contributed by atoms with Gasteiger partial charge in [-0.3, -0.25) is 0 Å². The molecule has 0 spiro atoms. The Morgan fingerprint density at radius 3 is 2.30 bits per heavy atom. The molecular formula is C27H27N3. The minimum Gasteiger partial charge on any atom is -0.398 e. The van der Waals surface area contributed by atoms with Crippen LogP contribution in [-0.4, -0.2) is 6.21 Å². The van der Waals surface area contributed by atoms with Crippen LogP contribution in [0.25, 0.3) is 10.8 Å². The third kappa shape index (κ3) is 3.79. The first-order valence-corrected chi connectivity index (χ1v) is 10.5. The maximum absolute atomic E-state index is 6.51. The Kier molecular flexibility index (Phi) is 5.80. The molecule has 3 nitrogen and oxygen atoms in total. The molecule has 0 aliphatic heterocycles. The van der Waals surface area contributed by atoms with E-state index in [-0.39, 0.29) is 0 Å². The number of aryl methyl sites for hydroxylation is 1. The van der Waals surface area contributed by atoms with Crippen LogP contribution in [0.15, 0.2) is 90.0 Å². The lowest BCUT2D eigenvalue weighted by Gasteiger charge is -2.21. The molecule has 30 heavy (non-hydrogen) atoms. The summed E-state index contributed by atoms with van der Waals surface area (Å²) >= 11 is 0. The first-order chi connectivity index (χ1) is 14.7. The molecule has 0 heterocycles. The highest BCUT2D eigenvalue weighted by atomic mass is 15.5. The highest BCUT2D eigenvalue weighted by molar-refractivity contribution is 5.97. The second-order valence-electron chi connectivity index (χ2n) is 7.30. The Morgan fingerprint density at radius 1 is 0.800 bits per heavy atom. The van der Waals surface area contributed by atoms with Gasteiger partial charge in [-0.25, -0.2) is 5.01 Å². The van der Waals surface area contributed by atoms with Crippen LogP contribution < -0.4 is 10.7 Å². The lowest BCUT2D eigenvalue weighted by Crippen LogP contribution is -2.11. The molecule has 4 aromatic carbocycles. The van der Waals surface area contributed by atoms with Gasteiger partial charge in [-0.05, 0) is 47.6 Å². The van der Waals surface area contributed by atoms with Gasteiger partial charge in [0, 0.05) is 16.6 Å². The van der Waals surface area contributed by atoms with Gasteiger partial charge in [-0.1, -0.05) is 80.6 Å². The second-order valence-corrected chi connectivity index (χ2v) is 7.30. The molecule has 4 aromatic rings. The van der Waals surface area contributed by atoms with Crippen molar-refractivity contribution in [2.24, 2.45) is 5.10 Å². The van der Waals surface area contributed by atoms with Crippen molar-refractivity contribution in [3.63, 3.8) is 0 Å². The van der Waals surface area contributed by atoms with Crippen molar-refractivity contribution in [1.82, 2.24) is 0 Å². The summed E-state index contributed by atoms with van der Waals surface area (Å²) in [6.07, 6.45) is 3.78. The van der Waals surface area contributed by atoms with Gasteiger partial charge < -0.3 is 5.73 Å². The number of nitrogens with two attached hydrogens (primary N) is 1. The summed E-state index contributed by atoms with van der Waals surface area (Å²) in [7, 11) is 0. The quantitative estimate of drug-likeness (QED) is 0.224. The first kappa shape index (κ1) is 19.7. The molecule has 0 aliphatic rings. The molecule has 0 bridgehead atoms. The fourth-order valence-electron chi connectivity index (χ4n) is 3.94. The summed E-state index contributed by atoms with van der Waals surface area (Å²) in [5, 5.41) is 9.24. The molecular weight excluding hydrogens is 366 g/mol. The number of hydrogen-bond donors (Lipinski definition) is 1. The minimum absolute atomic E-state index is 0.825. The highest BCUT2D eigenvalue weighted by Crippen LogP contribution is 2.33. The predicted molar refractivity (Wildman–Crippen MR) is 130 cm³/mol. The molecule has 0 saturated carbocycles. The number of para-hydroxylation sites is 1. The van der Waals surface area contributed by atoms with Gasteiger partial charge in [0.1, 0.15) is 0 Å². The van der Waals surface area contributed by atoms with E-state index >= 15 is 0 Å². The monoisotopic (exact) mass is 393 g/mol. The molecule has 2 N–H and O–H groups in total. The number of benzene rings is 4. The van der Waals surface area contributed by atoms with Crippen molar-refractivity contribution in [3.05, 3.63) is 102 Å². The van der Waals surface area contributed by atoms with E-state index in [9.17, 15) is 0 Å². The molecule has 0 radical (unpaired) electrons. The first-order valence-electron chi connectivity index (χ1n) is 10.5. The SMILES string of the molecule is CCc1ccc(C=NN(c2ccccc2)c2cccc3ccccc23)c(N)c1CC. The van der Waals surface area contributed by atoms with Crippen LogP contribution >= 0.6 is 0 Å². The van der Waals surface area contributed by atoms with E-state index in [0.717, 1.165) is 40.9 Å². The zero-order valence-electron chi connectivity index (χ0n) is 17.5. The second kappa shape index (κ2) is 8.83. The molecule has 0 unspecified atom stereocenters. The maximum atomic E-state index is 6.51. The predicted octanol–water partition coefficient (Wildman–Crippen LogP) is 6.72.